The van der Waals surface area contributed by atoms with Crippen molar-refractivity contribution in [3.8, 4) is 0 Å². The summed E-state index contributed by atoms with van der Waals surface area (Å²) in [6.45, 7) is 14.6. The summed E-state index contributed by atoms with van der Waals surface area (Å²) in [6.07, 6.45) is 10.4. The van der Waals surface area contributed by atoms with E-state index in [1.807, 2.05) is 6.92 Å². The highest BCUT2D eigenvalue weighted by molar-refractivity contribution is 6.09. The van der Waals surface area contributed by atoms with Gasteiger partial charge in [-0.05, 0) is 76.8 Å². The second kappa shape index (κ2) is 13.6. The predicted molar refractivity (Wildman–Crippen MR) is 162 cm³/mol. The number of nitrogens with two attached hydrogens (primary N) is 1. The second-order valence-electron chi connectivity index (χ2n) is 11.8. The lowest BCUT2D eigenvalue weighted by Crippen LogP contribution is -2.43. The van der Waals surface area contributed by atoms with Crippen LogP contribution in [0.4, 0.5) is 0 Å². The predicted octanol–water partition coefficient (Wildman–Crippen LogP) is 4.28. The van der Waals surface area contributed by atoms with Gasteiger partial charge in [0.2, 0.25) is 5.91 Å². The van der Waals surface area contributed by atoms with Crippen molar-refractivity contribution in [3.63, 3.8) is 0 Å². The molecule has 2 unspecified atom stereocenters. The first kappa shape index (κ1) is 29.3. The van der Waals surface area contributed by atoms with E-state index in [4.69, 9.17) is 10.7 Å². The van der Waals surface area contributed by atoms with Gasteiger partial charge in [-0.15, -0.1) is 0 Å². The molecule has 0 bridgehead atoms. The molecule has 3 N–H and O–H groups in total. The van der Waals surface area contributed by atoms with Crippen LogP contribution in [0, 0.1) is 5.92 Å². The molecule has 0 aromatic heterocycles. The molecule has 0 radical (unpaired) electrons. The van der Waals surface area contributed by atoms with Crippen molar-refractivity contribution >= 4 is 11.6 Å². The standard InChI is InChI=1S/C32H50N6O/c1-6-8-30(19-23(2)34-32(39)27-9-7-10-27)38-14-13-26-11-12-28(21-29(26)22-38)31(35-25(4)33)20-24(3)37-17-15-36(5)16-18-37/h8,11-12,20-21,23,25,27H,6-7,9-10,13-19,22,33H2,1-5H3,(H,34,39)/b24-20+,30-8-,35-31+. The van der Waals surface area contributed by atoms with Crippen molar-refractivity contribution in [1.29, 1.82) is 0 Å². The number of allylic oxidation sites excluding steroid dienone is 3. The third kappa shape index (κ3) is 7.95. The Bertz CT molecular complexity index is 1080. The third-order valence-electron chi connectivity index (χ3n) is 8.43. The van der Waals surface area contributed by atoms with E-state index in [0.717, 1.165) is 82.6 Å². The maximum Gasteiger partial charge on any atom is 0.223 e. The summed E-state index contributed by atoms with van der Waals surface area (Å²) in [4.78, 5) is 24.7. The first-order chi connectivity index (χ1) is 18.7. The molecule has 214 valence electrons. The van der Waals surface area contributed by atoms with Crippen LogP contribution >= 0.6 is 0 Å². The largest absolute Gasteiger partial charge is 0.372 e. The van der Waals surface area contributed by atoms with E-state index < -0.39 is 0 Å². The third-order valence-corrected chi connectivity index (χ3v) is 8.43. The molecule has 1 aliphatic carbocycles. The summed E-state index contributed by atoms with van der Waals surface area (Å²) in [5.41, 5.74) is 13.6. The first-order valence-corrected chi connectivity index (χ1v) is 15.0. The van der Waals surface area contributed by atoms with Crippen molar-refractivity contribution < 1.29 is 4.79 Å². The second-order valence-corrected chi connectivity index (χ2v) is 11.8. The Morgan fingerprint density at radius 3 is 2.51 bits per heavy atom. The molecule has 7 nitrogen and oxygen atoms in total. The van der Waals surface area contributed by atoms with Crippen LogP contribution in [0.1, 0.15) is 76.5 Å². The van der Waals surface area contributed by atoms with Gasteiger partial charge in [0.25, 0.3) is 0 Å². The molecule has 39 heavy (non-hydrogen) atoms. The quantitative estimate of drug-likeness (QED) is 0.438. The summed E-state index contributed by atoms with van der Waals surface area (Å²) < 4.78 is 0. The molecule has 2 fully saturated rings. The summed E-state index contributed by atoms with van der Waals surface area (Å²) in [5, 5.41) is 3.27. The van der Waals surface area contributed by atoms with Gasteiger partial charge in [-0.25, -0.2) is 0 Å². The lowest BCUT2D eigenvalue weighted by Gasteiger charge is -2.35. The van der Waals surface area contributed by atoms with Gasteiger partial charge >= 0.3 is 0 Å². The van der Waals surface area contributed by atoms with E-state index in [1.165, 1.54) is 28.9 Å². The van der Waals surface area contributed by atoms with E-state index in [-0.39, 0.29) is 24.0 Å². The molecule has 1 saturated heterocycles. The van der Waals surface area contributed by atoms with Crippen molar-refractivity contribution in [1.82, 2.24) is 20.0 Å². The highest BCUT2D eigenvalue weighted by Gasteiger charge is 2.27. The normalized spacial score (nSPS) is 21.3. The topological polar surface area (TPSA) is 77.2 Å². The number of likely N-dealkylation sites (N-methyl/N-ethyl adjacent to an activating group) is 1. The molecule has 1 amide bonds. The average Bonchev–Trinajstić information content (AvgIpc) is 2.86. The Morgan fingerprint density at radius 2 is 1.87 bits per heavy atom. The van der Waals surface area contributed by atoms with Crippen LogP contribution in [0.25, 0.3) is 0 Å². The Morgan fingerprint density at radius 1 is 1.13 bits per heavy atom. The minimum atomic E-state index is -0.264. The number of amides is 1. The fourth-order valence-corrected chi connectivity index (χ4v) is 5.80. The molecular formula is C32H50N6O. The smallest absolute Gasteiger partial charge is 0.223 e. The summed E-state index contributed by atoms with van der Waals surface area (Å²) in [5.74, 6) is 0.464. The summed E-state index contributed by atoms with van der Waals surface area (Å²) in [7, 11) is 2.18. The number of carbonyl (C=O) groups is 1. The van der Waals surface area contributed by atoms with Crippen LogP contribution in [-0.2, 0) is 17.8 Å². The first-order valence-electron chi connectivity index (χ1n) is 15.0. The molecule has 3 aliphatic rings. The molecule has 1 aromatic carbocycles. The van der Waals surface area contributed by atoms with Gasteiger partial charge in [0.05, 0.1) is 11.9 Å². The highest BCUT2D eigenvalue weighted by Crippen LogP contribution is 2.28. The fraction of sp³-hybridized carbons (Fsp3) is 0.625. The molecule has 4 rings (SSSR count). The zero-order chi connectivity index (χ0) is 27.9. The number of carbonyl (C=O) groups excluding carboxylic acids is 1. The van der Waals surface area contributed by atoms with Crippen LogP contribution in [0.5, 0.6) is 0 Å². The Balaban J connectivity index is 1.49. The minimum Gasteiger partial charge on any atom is -0.372 e. The van der Waals surface area contributed by atoms with Gasteiger partial charge in [0, 0.05) is 74.6 Å². The number of hydrogen-bond donors (Lipinski definition) is 2. The van der Waals surface area contributed by atoms with Gasteiger partial charge in [-0.2, -0.15) is 0 Å². The number of benzene rings is 1. The van der Waals surface area contributed by atoms with E-state index in [2.05, 4.69) is 78.2 Å². The lowest BCUT2D eigenvalue weighted by molar-refractivity contribution is -0.128. The summed E-state index contributed by atoms with van der Waals surface area (Å²) in [6, 6.07) is 6.95. The molecule has 2 aliphatic heterocycles. The van der Waals surface area contributed by atoms with Gasteiger partial charge in [-0.3, -0.25) is 9.79 Å². The number of nitrogens with one attached hydrogen (secondary N) is 1. The summed E-state index contributed by atoms with van der Waals surface area (Å²) >= 11 is 0. The van der Waals surface area contributed by atoms with Gasteiger partial charge in [0.1, 0.15) is 0 Å². The van der Waals surface area contributed by atoms with Crippen LogP contribution in [-0.4, -0.2) is 78.3 Å². The number of nitrogens with zero attached hydrogens (tertiary/aromatic N) is 4. The minimum absolute atomic E-state index is 0.135. The van der Waals surface area contributed by atoms with E-state index in [1.54, 1.807) is 0 Å². The Kier molecular flexibility index (Phi) is 10.2. The monoisotopic (exact) mass is 534 g/mol. The molecule has 2 heterocycles. The van der Waals surface area contributed by atoms with Crippen molar-refractivity contribution in [2.75, 3.05) is 39.8 Å². The van der Waals surface area contributed by atoms with Crippen molar-refractivity contribution in [3.05, 3.63) is 58.4 Å². The van der Waals surface area contributed by atoms with E-state index in [9.17, 15) is 4.79 Å². The molecular weight excluding hydrogens is 484 g/mol. The lowest BCUT2D eigenvalue weighted by atomic mass is 9.84. The molecule has 1 aromatic rings. The maximum atomic E-state index is 12.5. The van der Waals surface area contributed by atoms with E-state index in [0.29, 0.717) is 0 Å². The Labute approximate surface area is 236 Å². The van der Waals surface area contributed by atoms with Crippen molar-refractivity contribution in [2.24, 2.45) is 16.6 Å². The molecule has 0 spiro atoms. The van der Waals surface area contributed by atoms with Gasteiger partial charge in [0.15, 0.2) is 0 Å². The Hall–Kier alpha value is -2.64. The zero-order valence-corrected chi connectivity index (χ0v) is 24.9. The van der Waals surface area contributed by atoms with Crippen molar-refractivity contribution in [2.45, 2.75) is 85.0 Å². The van der Waals surface area contributed by atoms with Gasteiger partial charge in [-0.1, -0.05) is 31.6 Å². The van der Waals surface area contributed by atoms with E-state index >= 15 is 0 Å². The number of fused-ring (bicyclic) bond motifs is 1. The molecule has 1 saturated carbocycles. The number of piperazine rings is 1. The highest BCUT2D eigenvalue weighted by atomic mass is 16.2. The SMILES string of the molecule is CC/C=C(/CC(C)NC(=O)C1CCC1)N1CCc2ccc(C(/C=C(\C)N3CCN(C)CC3)=N/C(C)N)cc2C1. The number of aliphatic imine (C=N–C) groups is 1. The number of rotatable bonds is 10. The average molecular weight is 535 g/mol. The zero-order valence-electron chi connectivity index (χ0n) is 24.9. The van der Waals surface area contributed by atoms with Crippen LogP contribution in [0.2, 0.25) is 0 Å². The molecule has 2 atom stereocenters. The van der Waals surface area contributed by atoms with Crippen LogP contribution < -0.4 is 11.1 Å². The molecule has 7 heteroatoms. The fourth-order valence-electron chi connectivity index (χ4n) is 5.80. The van der Waals surface area contributed by atoms with Crippen LogP contribution in [0.3, 0.4) is 0 Å². The van der Waals surface area contributed by atoms with Crippen LogP contribution in [0.15, 0.2) is 46.7 Å². The maximum absolute atomic E-state index is 12.5. The number of hydrogen-bond acceptors (Lipinski definition) is 6. The van der Waals surface area contributed by atoms with Gasteiger partial charge < -0.3 is 25.8 Å².